The molecule has 0 saturated carbocycles. The van der Waals surface area contributed by atoms with Gasteiger partial charge in [-0.25, -0.2) is 0 Å². The highest BCUT2D eigenvalue weighted by Crippen LogP contribution is 2.58. The van der Waals surface area contributed by atoms with Crippen LogP contribution in [0.1, 0.15) is 44.3 Å². The van der Waals surface area contributed by atoms with E-state index >= 15 is 0 Å². The largest absolute Gasteiger partial charge is 0.352 e. The SMILES string of the molecule is CC1=C[C@@H]2N(c3ccc(C)cc31)[C@H](C(=O)c1ccccc1)[C@H](C(=O)c1ccccc1)[C@@]21C(=O)Nc2ccccc21. The number of allylic oxidation sites excluding steroid dienone is 1. The van der Waals surface area contributed by atoms with Crippen LogP contribution in [-0.2, 0) is 10.2 Å². The number of aryl methyl sites for hydroxylation is 1. The van der Waals surface area contributed by atoms with Crippen molar-refractivity contribution < 1.29 is 14.4 Å². The summed E-state index contributed by atoms with van der Waals surface area (Å²) < 4.78 is 0. The van der Waals surface area contributed by atoms with Crippen LogP contribution in [0.5, 0.6) is 0 Å². The number of amides is 1. The van der Waals surface area contributed by atoms with Gasteiger partial charge >= 0.3 is 0 Å². The summed E-state index contributed by atoms with van der Waals surface area (Å²) in [5.41, 5.74) is 5.14. The van der Waals surface area contributed by atoms with Gasteiger partial charge in [0.15, 0.2) is 11.6 Å². The molecule has 4 aromatic rings. The number of hydrogen-bond donors (Lipinski definition) is 1. The number of anilines is 2. The molecule has 5 nitrogen and oxygen atoms in total. The Morgan fingerprint density at radius 2 is 1.40 bits per heavy atom. The summed E-state index contributed by atoms with van der Waals surface area (Å²) >= 11 is 0. The van der Waals surface area contributed by atoms with Crippen molar-refractivity contribution in [2.45, 2.75) is 31.3 Å². The lowest BCUT2D eigenvalue weighted by Crippen LogP contribution is -2.51. The van der Waals surface area contributed by atoms with E-state index in [1.54, 1.807) is 24.3 Å². The van der Waals surface area contributed by atoms with Crippen LogP contribution in [0.4, 0.5) is 11.4 Å². The van der Waals surface area contributed by atoms with E-state index in [1.807, 2.05) is 86.6 Å². The van der Waals surface area contributed by atoms with E-state index in [1.165, 1.54) is 0 Å². The van der Waals surface area contributed by atoms with E-state index in [0.717, 1.165) is 28.0 Å². The Morgan fingerprint density at radius 3 is 2.10 bits per heavy atom. The first-order valence-electron chi connectivity index (χ1n) is 13.6. The maximum Gasteiger partial charge on any atom is 0.238 e. The lowest BCUT2D eigenvalue weighted by molar-refractivity contribution is -0.121. The number of carbonyl (C=O) groups excluding carboxylic acids is 3. The summed E-state index contributed by atoms with van der Waals surface area (Å²) in [7, 11) is 0. The molecule has 1 N–H and O–H groups in total. The van der Waals surface area contributed by atoms with Gasteiger partial charge in [0.2, 0.25) is 5.91 Å². The second-order valence-electron chi connectivity index (χ2n) is 11.0. The third-order valence-corrected chi connectivity index (χ3v) is 8.80. The fourth-order valence-corrected chi connectivity index (χ4v) is 7.10. The molecular formula is C35H28N2O3. The Hall–Kier alpha value is -4.77. The van der Waals surface area contributed by atoms with Gasteiger partial charge < -0.3 is 10.2 Å². The van der Waals surface area contributed by atoms with Crippen molar-refractivity contribution in [3.63, 3.8) is 0 Å². The molecule has 0 unspecified atom stereocenters. The lowest BCUT2D eigenvalue weighted by Gasteiger charge is -2.39. The highest BCUT2D eigenvalue weighted by atomic mass is 16.2. The highest BCUT2D eigenvalue weighted by molar-refractivity contribution is 6.18. The number of ketones is 2. The Bertz CT molecular complexity index is 1730. The molecule has 196 valence electrons. The summed E-state index contributed by atoms with van der Waals surface area (Å²) in [6.45, 7) is 4.09. The average molecular weight is 525 g/mol. The zero-order valence-corrected chi connectivity index (χ0v) is 22.3. The van der Waals surface area contributed by atoms with Crippen LogP contribution in [0.2, 0.25) is 0 Å². The number of nitrogens with one attached hydrogen (secondary N) is 1. The minimum absolute atomic E-state index is 0.173. The van der Waals surface area contributed by atoms with Crippen molar-refractivity contribution in [2.24, 2.45) is 5.92 Å². The Balaban J connectivity index is 1.57. The predicted molar refractivity (Wildman–Crippen MR) is 157 cm³/mol. The van der Waals surface area contributed by atoms with Crippen molar-refractivity contribution in [3.05, 3.63) is 137 Å². The number of fused-ring (bicyclic) bond motifs is 6. The third kappa shape index (κ3) is 3.24. The molecule has 3 heterocycles. The number of nitrogens with zero attached hydrogens (tertiary/aromatic N) is 1. The summed E-state index contributed by atoms with van der Waals surface area (Å²) in [5, 5.41) is 3.09. The molecule has 5 heteroatoms. The van der Waals surface area contributed by atoms with Crippen LogP contribution in [0, 0.1) is 12.8 Å². The second-order valence-corrected chi connectivity index (χ2v) is 11.0. The normalized spacial score (nSPS) is 24.1. The minimum Gasteiger partial charge on any atom is -0.352 e. The monoisotopic (exact) mass is 524 g/mol. The molecule has 0 aromatic heterocycles. The number of para-hydroxylation sites is 1. The zero-order valence-electron chi connectivity index (χ0n) is 22.3. The molecule has 3 aliphatic rings. The van der Waals surface area contributed by atoms with E-state index in [2.05, 4.69) is 22.4 Å². The zero-order chi connectivity index (χ0) is 27.6. The van der Waals surface area contributed by atoms with E-state index in [9.17, 15) is 14.4 Å². The molecule has 0 radical (unpaired) electrons. The predicted octanol–water partition coefficient (Wildman–Crippen LogP) is 6.24. The molecule has 1 spiro atoms. The first-order valence-corrected chi connectivity index (χ1v) is 13.6. The fourth-order valence-electron chi connectivity index (χ4n) is 7.10. The van der Waals surface area contributed by atoms with Crippen molar-refractivity contribution in [2.75, 3.05) is 10.2 Å². The topological polar surface area (TPSA) is 66.5 Å². The van der Waals surface area contributed by atoms with Crippen LogP contribution in [0.3, 0.4) is 0 Å². The highest BCUT2D eigenvalue weighted by Gasteiger charge is 2.70. The van der Waals surface area contributed by atoms with Gasteiger partial charge in [-0.15, -0.1) is 0 Å². The van der Waals surface area contributed by atoms with Gasteiger partial charge in [0, 0.05) is 28.1 Å². The van der Waals surface area contributed by atoms with Crippen molar-refractivity contribution in [3.8, 4) is 0 Å². The minimum atomic E-state index is -1.30. The molecule has 1 fully saturated rings. The number of benzene rings is 4. The van der Waals surface area contributed by atoms with Gasteiger partial charge in [-0.1, -0.05) is 96.6 Å². The summed E-state index contributed by atoms with van der Waals surface area (Å²) in [4.78, 5) is 45.8. The van der Waals surface area contributed by atoms with Crippen molar-refractivity contribution in [1.82, 2.24) is 0 Å². The fraction of sp³-hybridized carbons (Fsp3) is 0.171. The van der Waals surface area contributed by atoms with Crippen LogP contribution in [0.15, 0.2) is 109 Å². The average Bonchev–Trinajstić information content (AvgIpc) is 3.45. The standard InChI is InChI=1S/C35H28N2O3/c1-21-17-18-28-25(19-21)22(2)20-29-35(26-15-9-10-16-27(26)36-34(35)40)30(32(38)23-11-5-3-6-12-23)31(37(28)29)33(39)24-13-7-4-8-14-24/h3-20,29-31H,1-2H3,(H,36,40)/t29-,30+,31-,35-/m0/s1. The van der Waals surface area contributed by atoms with Crippen molar-refractivity contribution >= 4 is 34.4 Å². The van der Waals surface area contributed by atoms with E-state index in [4.69, 9.17) is 0 Å². The van der Waals surface area contributed by atoms with Gasteiger partial charge in [0.05, 0.1) is 12.0 Å². The molecule has 40 heavy (non-hydrogen) atoms. The molecule has 3 aliphatic heterocycles. The third-order valence-electron chi connectivity index (χ3n) is 8.80. The van der Waals surface area contributed by atoms with Crippen LogP contribution < -0.4 is 10.2 Å². The summed E-state index contributed by atoms with van der Waals surface area (Å²) in [5.74, 6) is -1.60. The smallest absolute Gasteiger partial charge is 0.238 e. The second kappa shape index (κ2) is 8.88. The molecular weight excluding hydrogens is 496 g/mol. The Kier molecular flexibility index (Phi) is 5.39. The molecule has 1 saturated heterocycles. The van der Waals surface area contributed by atoms with E-state index in [0.29, 0.717) is 16.8 Å². The molecule has 4 aromatic carbocycles. The van der Waals surface area contributed by atoms with Gasteiger partial charge in [0.1, 0.15) is 11.5 Å². The van der Waals surface area contributed by atoms with Gasteiger partial charge in [-0.2, -0.15) is 0 Å². The molecule has 0 bridgehead atoms. The van der Waals surface area contributed by atoms with Crippen LogP contribution in [0.25, 0.3) is 5.57 Å². The Morgan fingerprint density at radius 1 is 0.775 bits per heavy atom. The maximum absolute atomic E-state index is 14.7. The Labute approximate surface area is 233 Å². The van der Waals surface area contributed by atoms with Crippen LogP contribution in [-0.4, -0.2) is 29.6 Å². The molecule has 4 atom stereocenters. The maximum atomic E-state index is 14.7. The number of Topliss-reactive ketones (excluding diaryl/α,β-unsaturated/α-hetero) is 2. The number of carbonyl (C=O) groups is 3. The summed E-state index contributed by atoms with van der Waals surface area (Å²) in [6.07, 6.45) is 2.09. The summed E-state index contributed by atoms with van der Waals surface area (Å²) in [6, 6.07) is 30.5. The van der Waals surface area contributed by atoms with E-state index < -0.39 is 23.4 Å². The van der Waals surface area contributed by atoms with Gasteiger partial charge in [0.25, 0.3) is 0 Å². The van der Waals surface area contributed by atoms with Gasteiger partial charge in [-0.3, -0.25) is 14.4 Å². The quantitative estimate of drug-likeness (QED) is 0.321. The van der Waals surface area contributed by atoms with Crippen LogP contribution >= 0.6 is 0 Å². The van der Waals surface area contributed by atoms with E-state index in [-0.39, 0.29) is 17.5 Å². The number of hydrogen-bond acceptors (Lipinski definition) is 4. The first kappa shape index (κ1) is 24.3. The molecule has 0 aliphatic carbocycles. The van der Waals surface area contributed by atoms with Crippen molar-refractivity contribution in [1.29, 1.82) is 0 Å². The number of rotatable bonds is 4. The van der Waals surface area contributed by atoms with Gasteiger partial charge in [-0.05, 0) is 43.2 Å². The molecule has 1 amide bonds. The first-order chi connectivity index (χ1) is 19.4. The molecule has 7 rings (SSSR count). The lowest BCUT2D eigenvalue weighted by atomic mass is 9.64.